The zero-order chi connectivity index (χ0) is 14.2. The Balaban J connectivity index is 2.59. The summed E-state index contributed by atoms with van der Waals surface area (Å²) in [6.07, 6.45) is 5.66. The van der Waals surface area contributed by atoms with Crippen molar-refractivity contribution in [2.75, 3.05) is 0 Å². The minimum Gasteiger partial charge on any atom is -0.103 e. The lowest BCUT2D eigenvalue weighted by Crippen LogP contribution is -1.92. The molecule has 0 amide bonds. The van der Waals surface area contributed by atoms with Crippen LogP contribution in [0.15, 0.2) is 86.0 Å². The lowest BCUT2D eigenvalue weighted by Gasteiger charge is -2.14. The molecule has 2 rings (SSSR count). The van der Waals surface area contributed by atoms with E-state index >= 15 is 0 Å². The molecule has 0 heterocycles. The molecule has 0 atom stereocenters. The highest BCUT2D eigenvalue weighted by Gasteiger charge is 2.09. The first-order valence-electron chi connectivity index (χ1n) is 6.91. The number of hydrogen-bond acceptors (Lipinski definition) is 0. The first-order chi connectivity index (χ1) is 9.86. The number of allylic oxidation sites excluding steroid dienone is 4. The molecule has 0 heteroatoms. The van der Waals surface area contributed by atoms with Gasteiger partial charge in [0.1, 0.15) is 0 Å². The lowest BCUT2D eigenvalue weighted by atomic mass is 9.90. The van der Waals surface area contributed by atoms with Crippen molar-refractivity contribution >= 4 is 11.1 Å². The average Bonchev–Trinajstić information content (AvgIpc) is 2.52. The molecule has 0 aliphatic carbocycles. The maximum Gasteiger partial charge on any atom is -0.00911 e. The van der Waals surface area contributed by atoms with Gasteiger partial charge in [-0.2, -0.15) is 0 Å². The van der Waals surface area contributed by atoms with Gasteiger partial charge >= 0.3 is 0 Å². The summed E-state index contributed by atoms with van der Waals surface area (Å²) in [6.45, 7) is 7.80. The summed E-state index contributed by atoms with van der Waals surface area (Å²) in [4.78, 5) is 0. The van der Waals surface area contributed by atoms with E-state index in [9.17, 15) is 0 Å². The van der Waals surface area contributed by atoms with Crippen LogP contribution in [0.3, 0.4) is 0 Å². The van der Waals surface area contributed by atoms with Crippen molar-refractivity contribution in [1.82, 2.24) is 0 Å². The number of rotatable bonds is 6. The number of hydrogen-bond donors (Lipinski definition) is 0. The van der Waals surface area contributed by atoms with Crippen LogP contribution in [-0.2, 0) is 0 Å². The standard InChI is InChI=1S/C20H20/c1-3-11-19(17-13-7-5-8-14-17)20(12-4-2)18-15-9-6-10-16-18/h3-10,13-16H,1-2,11-12H2/b20-19-. The van der Waals surface area contributed by atoms with Gasteiger partial charge in [-0.25, -0.2) is 0 Å². The summed E-state index contributed by atoms with van der Waals surface area (Å²) < 4.78 is 0. The van der Waals surface area contributed by atoms with E-state index in [2.05, 4.69) is 61.7 Å². The van der Waals surface area contributed by atoms with Gasteiger partial charge in [0.05, 0.1) is 0 Å². The third-order valence-corrected chi connectivity index (χ3v) is 3.31. The smallest absolute Gasteiger partial charge is 0.00911 e. The molecule has 0 saturated heterocycles. The first-order valence-corrected chi connectivity index (χ1v) is 6.91. The second kappa shape index (κ2) is 7.30. The largest absolute Gasteiger partial charge is 0.103 e. The van der Waals surface area contributed by atoms with Gasteiger partial charge in [0.2, 0.25) is 0 Å². The van der Waals surface area contributed by atoms with Crippen LogP contribution in [0.2, 0.25) is 0 Å². The number of benzene rings is 2. The topological polar surface area (TPSA) is 0 Å². The van der Waals surface area contributed by atoms with Crippen molar-refractivity contribution < 1.29 is 0 Å². The SMILES string of the molecule is C=CC/C(=C(\CC=C)c1ccccc1)c1ccccc1. The predicted octanol–water partition coefficient (Wildman–Crippen LogP) is 5.75. The van der Waals surface area contributed by atoms with Crippen molar-refractivity contribution in [3.63, 3.8) is 0 Å². The van der Waals surface area contributed by atoms with Crippen LogP contribution in [0.4, 0.5) is 0 Å². The molecule has 2 aromatic carbocycles. The van der Waals surface area contributed by atoms with Crippen LogP contribution in [0.1, 0.15) is 24.0 Å². The molecule has 100 valence electrons. The van der Waals surface area contributed by atoms with Gasteiger partial charge in [-0.3, -0.25) is 0 Å². The minimum atomic E-state index is 0.863. The van der Waals surface area contributed by atoms with Crippen LogP contribution in [-0.4, -0.2) is 0 Å². The van der Waals surface area contributed by atoms with Gasteiger partial charge in [0.25, 0.3) is 0 Å². The third-order valence-electron chi connectivity index (χ3n) is 3.31. The van der Waals surface area contributed by atoms with Crippen LogP contribution in [0.5, 0.6) is 0 Å². The van der Waals surface area contributed by atoms with Crippen molar-refractivity contribution in [2.24, 2.45) is 0 Å². The van der Waals surface area contributed by atoms with E-state index in [0.29, 0.717) is 0 Å². The molecular weight excluding hydrogens is 240 g/mol. The summed E-state index contributed by atoms with van der Waals surface area (Å²) in [5.74, 6) is 0. The molecule has 0 bridgehead atoms. The maximum absolute atomic E-state index is 3.90. The highest BCUT2D eigenvalue weighted by molar-refractivity contribution is 5.91. The Labute approximate surface area is 121 Å². The molecule has 0 N–H and O–H groups in total. The second-order valence-electron chi connectivity index (χ2n) is 4.67. The van der Waals surface area contributed by atoms with Crippen LogP contribution in [0.25, 0.3) is 11.1 Å². The van der Waals surface area contributed by atoms with Crippen LogP contribution < -0.4 is 0 Å². The van der Waals surface area contributed by atoms with E-state index in [1.807, 2.05) is 24.3 Å². The van der Waals surface area contributed by atoms with E-state index in [0.717, 1.165) is 12.8 Å². The lowest BCUT2D eigenvalue weighted by molar-refractivity contribution is 1.33. The molecule has 0 nitrogen and oxygen atoms in total. The molecule has 0 radical (unpaired) electrons. The molecule has 0 saturated carbocycles. The van der Waals surface area contributed by atoms with E-state index in [1.165, 1.54) is 22.3 Å². The molecule has 0 aliphatic heterocycles. The van der Waals surface area contributed by atoms with E-state index in [-0.39, 0.29) is 0 Å². The Morgan fingerprint density at radius 3 is 1.30 bits per heavy atom. The summed E-state index contributed by atoms with van der Waals surface area (Å²) in [5, 5.41) is 0. The van der Waals surface area contributed by atoms with Crippen molar-refractivity contribution in [3.8, 4) is 0 Å². The summed E-state index contributed by atoms with van der Waals surface area (Å²) in [5.41, 5.74) is 5.17. The zero-order valence-electron chi connectivity index (χ0n) is 11.8. The third kappa shape index (κ3) is 3.36. The Morgan fingerprint density at radius 2 is 1.00 bits per heavy atom. The highest BCUT2D eigenvalue weighted by Crippen LogP contribution is 2.31. The molecule has 0 spiro atoms. The van der Waals surface area contributed by atoms with E-state index in [1.54, 1.807) is 0 Å². The fourth-order valence-corrected chi connectivity index (χ4v) is 2.40. The molecule has 0 unspecified atom stereocenters. The summed E-state index contributed by atoms with van der Waals surface area (Å²) in [7, 11) is 0. The average molecular weight is 260 g/mol. The summed E-state index contributed by atoms with van der Waals surface area (Å²) in [6, 6.07) is 21.0. The van der Waals surface area contributed by atoms with Crippen LogP contribution >= 0.6 is 0 Å². The molecular formula is C20H20. The molecule has 20 heavy (non-hydrogen) atoms. The van der Waals surface area contributed by atoms with E-state index < -0.39 is 0 Å². The fraction of sp³-hybridized carbons (Fsp3) is 0.100. The predicted molar refractivity (Wildman–Crippen MR) is 89.3 cm³/mol. The van der Waals surface area contributed by atoms with E-state index in [4.69, 9.17) is 0 Å². The van der Waals surface area contributed by atoms with Crippen molar-refractivity contribution in [2.45, 2.75) is 12.8 Å². The van der Waals surface area contributed by atoms with Crippen molar-refractivity contribution in [1.29, 1.82) is 0 Å². The Morgan fingerprint density at radius 1 is 0.650 bits per heavy atom. The van der Waals surface area contributed by atoms with Gasteiger partial charge in [-0.05, 0) is 35.1 Å². The maximum atomic E-state index is 3.90. The van der Waals surface area contributed by atoms with Crippen LogP contribution in [0, 0.1) is 0 Å². The molecule has 2 aromatic rings. The molecule has 0 fully saturated rings. The van der Waals surface area contributed by atoms with Gasteiger partial charge in [-0.15, -0.1) is 13.2 Å². The van der Waals surface area contributed by atoms with Gasteiger partial charge < -0.3 is 0 Å². The van der Waals surface area contributed by atoms with Gasteiger partial charge in [-0.1, -0.05) is 72.8 Å². The fourth-order valence-electron chi connectivity index (χ4n) is 2.40. The Hall–Kier alpha value is -2.34. The van der Waals surface area contributed by atoms with Crippen molar-refractivity contribution in [3.05, 3.63) is 97.1 Å². The zero-order valence-corrected chi connectivity index (χ0v) is 11.8. The summed E-state index contributed by atoms with van der Waals surface area (Å²) >= 11 is 0. The Bertz CT molecular complexity index is 533. The highest BCUT2D eigenvalue weighted by atomic mass is 14.1. The minimum absolute atomic E-state index is 0.863. The second-order valence-corrected chi connectivity index (χ2v) is 4.67. The first kappa shape index (κ1) is 14.1. The monoisotopic (exact) mass is 260 g/mol. The van der Waals surface area contributed by atoms with Gasteiger partial charge in [0.15, 0.2) is 0 Å². The molecule has 0 aliphatic rings. The van der Waals surface area contributed by atoms with Gasteiger partial charge in [0, 0.05) is 0 Å². The Kier molecular flexibility index (Phi) is 5.14. The molecule has 0 aromatic heterocycles. The quantitative estimate of drug-likeness (QED) is 0.458. The normalized spacial score (nSPS) is 11.6.